The number of carbonyl (C=O) groups excluding carboxylic acids is 2. The van der Waals surface area contributed by atoms with Crippen molar-refractivity contribution in [3.63, 3.8) is 0 Å². The maximum atomic E-state index is 11.6. The molecule has 102 valence electrons. The number of non-ortho nitro benzene ring substituents is 1. The van der Waals surface area contributed by atoms with Crippen LogP contribution in [0.25, 0.3) is 0 Å². The molecule has 1 aromatic carbocycles. The topological polar surface area (TPSA) is 95.7 Å². The molecule has 8 heteroatoms. The largest absolute Gasteiger partial charge is 0.468 e. The van der Waals surface area contributed by atoms with Gasteiger partial charge in [-0.3, -0.25) is 19.7 Å². The van der Waals surface area contributed by atoms with Crippen LogP contribution in [-0.2, 0) is 19.1 Å². The lowest BCUT2D eigenvalue weighted by Gasteiger charge is -2.14. The summed E-state index contributed by atoms with van der Waals surface area (Å²) in [6.07, 6.45) is 0. The summed E-state index contributed by atoms with van der Waals surface area (Å²) in [5.74, 6) is -2.81. The summed E-state index contributed by atoms with van der Waals surface area (Å²) >= 11 is 1.81. The van der Waals surface area contributed by atoms with Gasteiger partial charge in [-0.1, -0.05) is 0 Å². The molecule has 0 saturated carbocycles. The lowest BCUT2D eigenvalue weighted by Crippen LogP contribution is -2.25. The molecule has 0 saturated heterocycles. The minimum atomic E-state index is -1.25. The molecule has 7 nitrogen and oxygen atoms in total. The molecule has 0 spiro atoms. The molecule has 0 aliphatic heterocycles. The first-order valence-corrected chi connectivity index (χ1v) is 6.09. The van der Waals surface area contributed by atoms with E-state index < -0.39 is 22.8 Å². The van der Waals surface area contributed by atoms with Gasteiger partial charge in [0.2, 0.25) is 0 Å². The molecule has 0 radical (unpaired) electrons. The number of rotatable bonds is 4. The zero-order valence-corrected chi connectivity index (χ0v) is 12.2. The van der Waals surface area contributed by atoms with E-state index in [2.05, 4.69) is 9.47 Å². The van der Waals surface area contributed by atoms with Gasteiger partial charge in [-0.25, -0.2) is 0 Å². The van der Waals surface area contributed by atoms with Gasteiger partial charge in [0.1, 0.15) is 0 Å². The summed E-state index contributed by atoms with van der Waals surface area (Å²) in [5.41, 5.74) is 0.187. The second-order valence-corrected chi connectivity index (χ2v) is 4.60. The third-order valence-electron chi connectivity index (χ3n) is 2.38. The number of ether oxygens (including phenoxy) is 2. The summed E-state index contributed by atoms with van der Waals surface area (Å²) < 4.78 is 9.50. The standard InChI is InChI=1S/C11H10INO6/c1-18-10(14)9(11(15)19-2)7-4-3-6(13(16)17)5-8(7)12/h3-5,9H,1-2H3. The van der Waals surface area contributed by atoms with Crippen molar-refractivity contribution >= 4 is 40.2 Å². The van der Waals surface area contributed by atoms with Crippen LogP contribution in [0.15, 0.2) is 18.2 Å². The third kappa shape index (κ3) is 3.40. The van der Waals surface area contributed by atoms with Gasteiger partial charge in [-0.05, 0) is 34.2 Å². The number of nitro groups is 1. The summed E-state index contributed by atoms with van der Waals surface area (Å²) in [5, 5.41) is 10.6. The first-order valence-electron chi connectivity index (χ1n) is 5.01. The lowest BCUT2D eigenvalue weighted by molar-refractivity contribution is -0.385. The van der Waals surface area contributed by atoms with Crippen molar-refractivity contribution in [2.75, 3.05) is 14.2 Å². The number of methoxy groups -OCH3 is 2. The van der Waals surface area contributed by atoms with E-state index >= 15 is 0 Å². The van der Waals surface area contributed by atoms with Gasteiger partial charge in [0.25, 0.3) is 5.69 Å². The molecule has 0 bridgehead atoms. The maximum Gasteiger partial charge on any atom is 0.324 e. The van der Waals surface area contributed by atoms with Crippen molar-refractivity contribution < 1.29 is 24.0 Å². The van der Waals surface area contributed by atoms with Crippen molar-refractivity contribution in [2.45, 2.75) is 5.92 Å². The third-order valence-corrected chi connectivity index (χ3v) is 3.31. The second kappa shape index (κ2) is 6.45. The van der Waals surface area contributed by atoms with E-state index in [0.717, 1.165) is 14.2 Å². The number of esters is 2. The van der Waals surface area contributed by atoms with Crippen LogP contribution in [0.3, 0.4) is 0 Å². The Morgan fingerprint density at radius 1 is 1.26 bits per heavy atom. The van der Waals surface area contributed by atoms with E-state index in [0.29, 0.717) is 9.13 Å². The van der Waals surface area contributed by atoms with Crippen LogP contribution in [0.1, 0.15) is 11.5 Å². The average Bonchev–Trinajstić information content (AvgIpc) is 2.39. The van der Waals surface area contributed by atoms with Gasteiger partial charge in [0.15, 0.2) is 5.92 Å². The number of carbonyl (C=O) groups is 2. The van der Waals surface area contributed by atoms with E-state index in [1.54, 1.807) is 0 Å². The molecule has 0 amide bonds. The van der Waals surface area contributed by atoms with Crippen LogP contribution < -0.4 is 0 Å². The van der Waals surface area contributed by atoms with Crippen LogP contribution >= 0.6 is 22.6 Å². The number of nitro benzene ring substituents is 1. The fourth-order valence-electron chi connectivity index (χ4n) is 1.45. The number of hydrogen-bond donors (Lipinski definition) is 0. The molecule has 0 aromatic heterocycles. The Hall–Kier alpha value is -1.71. The predicted molar refractivity (Wildman–Crippen MR) is 72.6 cm³/mol. The Morgan fingerprint density at radius 3 is 2.16 bits per heavy atom. The van der Waals surface area contributed by atoms with Gasteiger partial charge in [-0.15, -0.1) is 0 Å². The average molecular weight is 379 g/mol. The predicted octanol–water partition coefficient (Wildman–Crippen LogP) is 1.63. The fourth-order valence-corrected chi connectivity index (χ4v) is 2.26. The highest BCUT2D eigenvalue weighted by Crippen LogP contribution is 2.27. The SMILES string of the molecule is COC(=O)C(C(=O)OC)c1ccc([N+](=O)[O-])cc1I. The van der Waals surface area contributed by atoms with Crippen LogP contribution in [0.4, 0.5) is 5.69 Å². The van der Waals surface area contributed by atoms with E-state index in [-0.39, 0.29) is 5.69 Å². The Bertz CT molecular complexity index is 514. The molecule has 1 aromatic rings. The molecule has 0 aliphatic rings. The summed E-state index contributed by atoms with van der Waals surface area (Å²) in [4.78, 5) is 33.3. The number of hydrogen-bond acceptors (Lipinski definition) is 6. The van der Waals surface area contributed by atoms with Crippen molar-refractivity contribution in [3.8, 4) is 0 Å². The Labute approximate surface area is 122 Å². The Morgan fingerprint density at radius 2 is 1.79 bits per heavy atom. The minimum Gasteiger partial charge on any atom is -0.468 e. The van der Waals surface area contributed by atoms with Gasteiger partial charge in [-0.2, -0.15) is 0 Å². The first kappa shape index (κ1) is 15.3. The molecule has 1 rings (SSSR count). The quantitative estimate of drug-likeness (QED) is 0.260. The molecule has 0 aliphatic carbocycles. The van der Waals surface area contributed by atoms with E-state index in [9.17, 15) is 19.7 Å². The van der Waals surface area contributed by atoms with Crippen molar-refractivity contribution in [3.05, 3.63) is 37.4 Å². The second-order valence-electron chi connectivity index (χ2n) is 3.44. The maximum absolute atomic E-state index is 11.6. The molecule has 0 N–H and O–H groups in total. The molecule has 0 fully saturated rings. The normalized spacial score (nSPS) is 10.1. The van der Waals surface area contributed by atoms with Gasteiger partial charge in [0, 0.05) is 15.7 Å². The van der Waals surface area contributed by atoms with E-state index in [1.165, 1.54) is 18.2 Å². The van der Waals surface area contributed by atoms with Gasteiger partial charge >= 0.3 is 11.9 Å². The highest BCUT2D eigenvalue weighted by Gasteiger charge is 2.32. The van der Waals surface area contributed by atoms with E-state index in [1.807, 2.05) is 22.6 Å². The van der Waals surface area contributed by atoms with Gasteiger partial charge in [0.05, 0.1) is 19.1 Å². The van der Waals surface area contributed by atoms with Crippen molar-refractivity contribution in [2.24, 2.45) is 0 Å². The fraction of sp³-hybridized carbons (Fsp3) is 0.273. The zero-order chi connectivity index (χ0) is 14.6. The molecule has 0 heterocycles. The zero-order valence-electron chi connectivity index (χ0n) is 10.1. The van der Waals surface area contributed by atoms with Crippen LogP contribution in [0.5, 0.6) is 0 Å². The van der Waals surface area contributed by atoms with Crippen LogP contribution in [0.2, 0.25) is 0 Å². The Kier molecular flexibility index (Phi) is 5.21. The van der Waals surface area contributed by atoms with Crippen LogP contribution in [0, 0.1) is 13.7 Å². The lowest BCUT2D eigenvalue weighted by atomic mass is 9.99. The molecule has 0 atom stereocenters. The first-order chi connectivity index (χ1) is 8.92. The summed E-state index contributed by atoms with van der Waals surface area (Å²) in [7, 11) is 2.30. The summed E-state index contributed by atoms with van der Waals surface area (Å²) in [6.45, 7) is 0. The Balaban J connectivity index is 3.27. The van der Waals surface area contributed by atoms with Crippen molar-refractivity contribution in [1.82, 2.24) is 0 Å². The highest BCUT2D eigenvalue weighted by atomic mass is 127. The molecule has 0 unspecified atom stereocenters. The molecular weight excluding hydrogens is 369 g/mol. The summed E-state index contributed by atoms with van der Waals surface area (Å²) in [6, 6.07) is 3.84. The van der Waals surface area contributed by atoms with E-state index in [4.69, 9.17) is 0 Å². The van der Waals surface area contributed by atoms with Gasteiger partial charge < -0.3 is 9.47 Å². The number of halogens is 1. The number of benzene rings is 1. The molecule has 19 heavy (non-hydrogen) atoms. The minimum absolute atomic E-state index is 0.123. The number of nitrogens with zero attached hydrogens (tertiary/aromatic N) is 1. The molecular formula is C11H10INO6. The van der Waals surface area contributed by atoms with Crippen molar-refractivity contribution in [1.29, 1.82) is 0 Å². The van der Waals surface area contributed by atoms with Crippen LogP contribution in [-0.4, -0.2) is 31.1 Å². The monoisotopic (exact) mass is 379 g/mol. The smallest absolute Gasteiger partial charge is 0.324 e. The highest BCUT2D eigenvalue weighted by molar-refractivity contribution is 14.1.